The summed E-state index contributed by atoms with van der Waals surface area (Å²) in [6.07, 6.45) is 5.31. The molecule has 0 heterocycles. The lowest BCUT2D eigenvalue weighted by Gasteiger charge is -2.14. The van der Waals surface area contributed by atoms with Crippen LogP contribution in [0, 0.1) is 6.92 Å². The van der Waals surface area contributed by atoms with Crippen LogP contribution in [0.2, 0.25) is 0 Å². The predicted octanol–water partition coefficient (Wildman–Crippen LogP) is 2.90. The molecule has 2 N–H and O–H groups in total. The molecule has 0 atom stereocenters. The highest BCUT2D eigenvalue weighted by molar-refractivity contribution is 5.54. The molecule has 0 unspecified atom stereocenters. The van der Waals surface area contributed by atoms with Crippen molar-refractivity contribution in [1.82, 2.24) is 0 Å². The number of hydrogen-bond donors (Lipinski definition) is 1. The molecule has 0 aromatic heterocycles. The second-order valence-corrected chi connectivity index (χ2v) is 4.07. The van der Waals surface area contributed by atoms with Gasteiger partial charge in [-0.05, 0) is 50.3 Å². The first kappa shape index (κ1) is 9.38. The summed E-state index contributed by atoms with van der Waals surface area (Å²) in [6, 6.07) is 5.98. The minimum atomic E-state index is 0.389. The highest BCUT2D eigenvalue weighted by Crippen LogP contribution is 2.28. The van der Waals surface area contributed by atoms with Gasteiger partial charge in [0.25, 0.3) is 0 Å². The maximum atomic E-state index is 5.87. The topological polar surface area (TPSA) is 35.2 Å². The number of rotatable bonds is 2. The number of benzene rings is 1. The van der Waals surface area contributed by atoms with Crippen LogP contribution in [0.5, 0.6) is 5.75 Å². The van der Waals surface area contributed by atoms with Crippen molar-refractivity contribution >= 4 is 5.69 Å². The van der Waals surface area contributed by atoms with Crippen molar-refractivity contribution in [3.8, 4) is 5.75 Å². The zero-order chi connectivity index (χ0) is 9.97. The first-order valence-electron chi connectivity index (χ1n) is 5.28. The molecule has 1 aromatic carbocycles. The first-order chi connectivity index (χ1) is 6.75. The maximum absolute atomic E-state index is 5.87. The van der Waals surface area contributed by atoms with Crippen LogP contribution >= 0.6 is 0 Å². The summed E-state index contributed by atoms with van der Waals surface area (Å²) in [4.78, 5) is 0. The van der Waals surface area contributed by atoms with Gasteiger partial charge in [0.05, 0.1) is 11.8 Å². The van der Waals surface area contributed by atoms with Crippen LogP contribution in [0.1, 0.15) is 31.2 Å². The van der Waals surface area contributed by atoms with Crippen molar-refractivity contribution in [2.24, 2.45) is 0 Å². The Morgan fingerprint density at radius 3 is 2.64 bits per heavy atom. The van der Waals surface area contributed by atoms with Crippen LogP contribution in [0.15, 0.2) is 18.2 Å². The molecular formula is C12H17NO. The van der Waals surface area contributed by atoms with Gasteiger partial charge in [0.1, 0.15) is 5.75 Å². The molecule has 0 aliphatic heterocycles. The Hall–Kier alpha value is -1.18. The average molecular weight is 191 g/mol. The van der Waals surface area contributed by atoms with E-state index in [-0.39, 0.29) is 0 Å². The smallest absolute Gasteiger partial charge is 0.142 e. The van der Waals surface area contributed by atoms with Crippen molar-refractivity contribution in [3.05, 3.63) is 23.8 Å². The van der Waals surface area contributed by atoms with Crippen LogP contribution in [-0.4, -0.2) is 6.10 Å². The summed E-state index contributed by atoms with van der Waals surface area (Å²) in [5.74, 6) is 0.850. The van der Waals surface area contributed by atoms with E-state index in [2.05, 4.69) is 0 Å². The molecule has 0 saturated heterocycles. The predicted molar refractivity (Wildman–Crippen MR) is 58.5 cm³/mol. The van der Waals surface area contributed by atoms with Gasteiger partial charge in [-0.2, -0.15) is 0 Å². The van der Waals surface area contributed by atoms with Crippen LogP contribution in [0.4, 0.5) is 5.69 Å². The first-order valence-corrected chi connectivity index (χ1v) is 5.28. The molecule has 1 aliphatic carbocycles. The fourth-order valence-electron chi connectivity index (χ4n) is 1.96. The zero-order valence-corrected chi connectivity index (χ0v) is 8.62. The van der Waals surface area contributed by atoms with E-state index < -0.39 is 0 Å². The van der Waals surface area contributed by atoms with Gasteiger partial charge in [0, 0.05) is 0 Å². The normalized spacial score (nSPS) is 17.2. The van der Waals surface area contributed by atoms with Gasteiger partial charge >= 0.3 is 0 Å². The quantitative estimate of drug-likeness (QED) is 0.729. The van der Waals surface area contributed by atoms with Crippen molar-refractivity contribution in [2.45, 2.75) is 38.7 Å². The maximum Gasteiger partial charge on any atom is 0.142 e. The fourth-order valence-corrected chi connectivity index (χ4v) is 1.96. The van der Waals surface area contributed by atoms with Crippen molar-refractivity contribution in [1.29, 1.82) is 0 Å². The lowest BCUT2D eigenvalue weighted by Crippen LogP contribution is -2.12. The van der Waals surface area contributed by atoms with Gasteiger partial charge in [0.15, 0.2) is 0 Å². The van der Waals surface area contributed by atoms with Crippen LogP contribution in [0.25, 0.3) is 0 Å². The Morgan fingerprint density at radius 1 is 1.29 bits per heavy atom. The molecule has 2 nitrogen and oxygen atoms in total. The summed E-state index contributed by atoms with van der Waals surface area (Å²) in [5, 5.41) is 0. The Balaban J connectivity index is 2.08. The number of ether oxygens (including phenoxy) is 1. The summed E-state index contributed by atoms with van der Waals surface area (Å²) in [5.41, 5.74) is 7.82. The number of anilines is 1. The molecule has 76 valence electrons. The van der Waals surface area contributed by atoms with Crippen LogP contribution in [0.3, 0.4) is 0 Å². The van der Waals surface area contributed by atoms with Gasteiger partial charge in [-0.25, -0.2) is 0 Å². The van der Waals surface area contributed by atoms with Gasteiger partial charge < -0.3 is 10.5 Å². The highest BCUT2D eigenvalue weighted by atomic mass is 16.5. The minimum Gasteiger partial charge on any atom is -0.488 e. The third-order valence-corrected chi connectivity index (χ3v) is 2.76. The largest absolute Gasteiger partial charge is 0.488 e. The molecule has 2 heteroatoms. The molecule has 0 amide bonds. The summed E-state index contributed by atoms with van der Waals surface area (Å²) < 4.78 is 5.84. The zero-order valence-electron chi connectivity index (χ0n) is 8.62. The van der Waals surface area contributed by atoms with Gasteiger partial charge in [0.2, 0.25) is 0 Å². The third kappa shape index (κ3) is 2.00. The fraction of sp³-hybridized carbons (Fsp3) is 0.500. The molecule has 1 aliphatic rings. The second kappa shape index (κ2) is 3.91. The number of hydrogen-bond acceptors (Lipinski definition) is 2. The monoisotopic (exact) mass is 191 g/mol. The van der Waals surface area contributed by atoms with E-state index in [0.717, 1.165) is 11.4 Å². The highest BCUT2D eigenvalue weighted by Gasteiger charge is 2.17. The lowest BCUT2D eigenvalue weighted by molar-refractivity contribution is 0.211. The standard InChI is InChI=1S/C12H17NO/c1-9-6-7-12(11(13)8-9)14-10-4-2-3-5-10/h6-8,10H,2-5,13H2,1H3. The van der Waals surface area contributed by atoms with Crippen LogP contribution < -0.4 is 10.5 Å². The minimum absolute atomic E-state index is 0.389. The van der Waals surface area contributed by atoms with E-state index in [1.165, 1.54) is 31.2 Å². The lowest BCUT2D eigenvalue weighted by atomic mass is 10.2. The van der Waals surface area contributed by atoms with E-state index in [0.29, 0.717) is 6.10 Å². The molecule has 1 aromatic rings. The Bertz CT molecular complexity index is 316. The van der Waals surface area contributed by atoms with Crippen molar-refractivity contribution in [3.63, 3.8) is 0 Å². The number of aryl methyl sites for hydroxylation is 1. The second-order valence-electron chi connectivity index (χ2n) is 4.07. The molecule has 0 radical (unpaired) electrons. The van der Waals surface area contributed by atoms with Gasteiger partial charge in [-0.1, -0.05) is 6.07 Å². The number of nitrogens with two attached hydrogens (primary N) is 1. The van der Waals surface area contributed by atoms with Gasteiger partial charge in [-0.15, -0.1) is 0 Å². The van der Waals surface area contributed by atoms with Crippen molar-refractivity contribution in [2.75, 3.05) is 5.73 Å². The van der Waals surface area contributed by atoms with E-state index in [9.17, 15) is 0 Å². The molecule has 14 heavy (non-hydrogen) atoms. The van der Waals surface area contributed by atoms with E-state index >= 15 is 0 Å². The Kier molecular flexibility index (Phi) is 2.62. The molecule has 0 bridgehead atoms. The summed E-state index contributed by atoms with van der Waals surface area (Å²) >= 11 is 0. The molecule has 2 rings (SSSR count). The third-order valence-electron chi connectivity index (χ3n) is 2.76. The van der Waals surface area contributed by atoms with Crippen molar-refractivity contribution < 1.29 is 4.74 Å². The molecule has 1 fully saturated rings. The molecule has 1 saturated carbocycles. The Labute approximate surface area is 85.1 Å². The van der Waals surface area contributed by atoms with E-state index in [1.54, 1.807) is 0 Å². The van der Waals surface area contributed by atoms with E-state index in [1.807, 2.05) is 25.1 Å². The van der Waals surface area contributed by atoms with E-state index in [4.69, 9.17) is 10.5 Å². The SMILES string of the molecule is Cc1ccc(OC2CCCC2)c(N)c1. The average Bonchev–Trinajstić information content (AvgIpc) is 2.62. The molecule has 0 spiro atoms. The van der Waals surface area contributed by atoms with Crippen LogP contribution in [-0.2, 0) is 0 Å². The summed E-state index contributed by atoms with van der Waals surface area (Å²) in [6.45, 7) is 2.04. The van der Waals surface area contributed by atoms with Gasteiger partial charge in [-0.3, -0.25) is 0 Å². The summed E-state index contributed by atoms with van der Waals surface area (Å²) in [7, 11) is 0. The Morgan fingerprint density at radius 2 is 2.00 bits per heavy atom. The molecular weight excluding hydrogens is 174 g/mol. The number of nitrogen functional groups attached to an aromatic ring is 1.